The Morgan fingerprint density at radius 3 is 2.02 bits per heavy atom. The molecule has 6 N–H and O–H groups in total. The average molecular weight is 684 g/mol. The van der Waals surface area contributed by atoms with Crippen LogP contribution in [0, 0.1) is 5.92 Å². The summed E-state index contributed by atoms with van der Waals surface area (Å²) in [6.07, 6.45) is -1.89. The number of alkyl carbamates (subject to hydrolysis) is 2. The number of amides is 5. The second-order valence-corrected chi connectivity index (χ2v) is 12.7. The van der Waals surface area contributed by atoms with E-state index in [1.165, 1.54) is 13.8 Å². The molecule has 0 aliphatic rings. The van der Waals surface area contributed by atoms with Gasteiger partial charge in [0.1, 0.15) is 36.9 Å². The molecule has 0 saturated heterocycles. The number of aliphatic carboxylic acids is 1. The highest BCUT2D eigenvalue weighted by molar-refractivity contribution is 7.99. The largest absolute Gasteiger partial charge is 0.480 e. The number of hydrogen-bond donors (Lipinski definition) is 6. The lowest BCUT2D eigenvalue weighted by molar-refractivity contribution is -0.152. The van der Waals surface area contributed by atoms with Gasteiger partial charge >= 0.3 is 24.1 Å². The molecule has 0 spiro atoms. The van der Waals surface area contributed by atoms with Crippen LogP contribution in [0.15, 0.2) is 30.3 Å². The van der Waals surface area contributed by atoms with Crippen LogP contribution in [0.1, 0.15) is 54.0 Å². The highest BCUT2D eigenvalue weighted by Crippen LogP contribution is 2.10. The van der Waals surface area contributed by atoms with Gasteiger partial charge in [-0.15, -0.1) is 11.8 Å². The van der Waals surface area contributed by atoms with E-state index >= 15 is 0 Å². The summed E-state index contributed by atoms with van der Waals surface area (Å²) in [5.41, 5.74) is -0.135. The molecule has 0 aliphatic heterocycles. The van der Waals surface area contributed by atoms with Crippen LogP contribution < -0.4 is 26.6 Å². The summed E-state index contributed by atoms with van der Waals surface area (Å²) >= 11 is 1.11. The first-order valence-corrected chi connectivity index (χ1v) is 15.8. The van der Waals surface area contributed by atoms with Gasteiger partial charge in [-0.2, -0.15) is 0 Å². The number of carbonyl (C=O) groups excluding carboxylic acids is 6. The molecule has 1 aromatic rings. The third-order valence-corrected chi connectivity index (χ3v) is 6.80. The Bertz CT molecular complexity index is 1240. The van der Waals surface area contributed by atoms with Gasteiger partial charge < -0.3 is 45.9 Å². The molecule has 0 saturated carbocycles. The first-order chi connectivity index (χ1) is 21.9. The minimum absolute atomic E-state index is 0.0347. The molecule has 0 aliphatic carbocycles. The normalized spacial score (nSPS) is 13.5. The predicted octanol–water partition coefficient (Wildman–Crippen LogP) is 1.27. The van der Waals surface area contributed by atoms with Crippen LogP contribution in [-0.2, 0) is 44.8 Å². The van der Waals surface area contributed by atoms with Crippen molar-refractivity contribution >= 4 is 53.6 Å². The number of rotatable bonds is 17. The molecule has 0 radical (unpaired) electrons. The second kappa shape index (κ2) is 19.9. The van der Waals surface area contributed by atoms with Crippen LogP contribution in [0.4, 0.5) is 9.59 Å². The van der Waals surface area contributed by atoms with Gasteiger partial charge in [-0.3, -0.25) is 14.4 Å². The topological polar surface area (TPSA) is 228 Å². The Kier molecular flexibility index (Phi) is 17.1. The highest BCUT2D eigenvalue weighted by atomic mass is 32.2. The molecular weight excluding hydrogens is 638 g/mol. The first-order valence-electron chi connectivity index (χ1n) is 14.7. The third kappa shape index (κ3) is 17.1. The summed E-state index contributed by atoms with van der Waals surface area (Å²) < 4.78 is 15.3. The van der Waals surface area contributed by atoms with Crippen molar-refractivity contribution in [2.45, 2.75) is 84.8 Å². The van der Waals surface area contributed by atoms with E-state index in [0.717, 1.165) is 11.8 Å². The van der Waals surface area contributed by atoms with Crippen molar-refractivity contribution < 1.29 is 52.9 Å². The summed E-state index contributed by atoms with van der Waals surface area (Å²) in [4.78, 5) is 86.4. The van der Waals surface area contributed by atoms with Crippen molar-refractivity contribution in [2.75, 3.05) is 18.2 Å². The number of benzene rings is 1. The lowest BCUT2D eigenvalue weighted by Gasteiger charge is -2.26. The number of hydrogen-bond acceptors (Lipinski definition) is 11. The zero-order valence-electron chi connectivity index (χ0n) is 27.5. The molecule has 0 heterocycles. The van der Waals surface area contributed by atoms with Crippen LogP contribution in [0.2, 0.25) is 0 Å². The van der Waals surface area contributed by atoms with Gasteiger partial charge in [-0.05, 0) is 39.2 Å². The molecule has 4 atom stereocenters. The second-order valence-electron chi connectivity index (χ2n) is 11.6. The van der Waals surface area contributed by atoms with E-state index in [2.05, 4.69) is 26.6 Å². The van der Waals surface area contributed by atoms with E-state index in [4.69, 9.17) is 14.2 Å². The Labute approximate surface area is 277 Å². The number of esters is 1. The van der Waals surface area contributed by atoms with E-state index < -0.39 is 78.2 Å². The van der Waals surface area contributed by atoms with Crippen molar-refractivity contribution in [3.63, 3.8) is 0 Å². The maximum absolute atomic E-state index is 13.3. The summed E-state index contributed by atoms with van der Waals surface area (Å²) in [5.74, 6) is -4.77. The molecule has 16 nitrogen and oxygen atoms in total. The van der Waals surface area contributed by atoms with Crippen LogP contribution >= 0.6 is 11.8 Å². The van der Waals surface area contributed by atoms with Gasteiger partial charge in [0.05, 0.1) is 5.88 Å². The zero-order chi connectivity index (χ0) is 35.7. The number of nitrogens with one attached hydrogen (secondary N) is 5. The summed E-state index contributed by atoms with van der Waals surface area (Å²) in [6, 6.07) is 3.42. The van der Waals surface area contributed by atoms with E-state index in [-0.39, 0.29) is 24.1 Å². The van der Waals surface area contributed by atoms with Crippen molar-refractivity contribution in [3.05, 3.63) is 35.9 Å². The molecule has 0 fully saturated rings. The molecule has 262 valence electrons. The molecule has 0 unspecified atom stereocenters. The van der Waals surface area contributed by atoms with E-state index in [1.807, 2.05) is 0 Å². The zero-order valence-corrected chi connectivity index (χ0v) is 28.4. The highest BCUT2D eigenvalue weighted by Gasteiger charge is 2.32. The number of carboxylic acid groups (broad SMARTS) is 1. The average Bonchev–Trinajstić information content (AvgIpc) is 2.97. The fraction of sp³-hybridized carbons (Fsp3) is 0.567. The molecule has 0 bridgehead atoms. The fourth-order valence-corrected chi connectivity index (χ4v) is 4.34. The van der Waals surface area contributed by atoms with Gasteiger partial charge in [0.2, 0.25) is 17.7 Å². The molecule has 1 aromatic carbocycles. The maximum atomic E-state index is 13.3. The number of carbonyl (C=O) groups is 7. The minimum atomic E-state index is -1.65. The van der Waals surface area contributed by atoms with Crippen LogP contribution in [0.3, 0.4) is 0 Å². The standard InChI is InChI=1S/C30H45N5O11S/c1-17(2)23(27(41)44-14-21(26(39)40)34-28(42)45-13-20-11-9-8-10-12-20)35-25(38)22(15-47-16-31-19(4)36)33-24(37)18(3)32-29(43)46-30(5,6)7/h8-12,17-18,21-23H,13-16H2,1-7H3,(H,31,36)(H,32,43)(H,33,37)(H,34,42)(H,35,38)(H,39,40)/t18-,21+,22-,23-/m0/s1. The monoisotopic (exact) mass is 683 g/mol. The maximum Gasteiger partial charge on any atom is 0.408 e. The lowest BCUT2D eigenvalue weighted by Crippen LogP contribution is -2.57. The Morgan fingerprint density at radius 1 is 0.830 bits per heavy atom. The molecule has 5 amide bonds. The van der Waals surface area contributed by atoms with Gasteiger partial charge in [-0.25, -0.2) is 19.2 Å². The van der Waals surface area contributed by atoms with Crippen molar-refractivity contribution in [1.82, 2.24) is 26.6 Å². The van der Waals surface area contributed by atoms with E-state index in [0.29, 0.717) is 5.56 Å². The predicted molar refractivity (Wildman–Crippen MR) is 171 cm³/mol. The lowest BCUT2D eigenvalue weighted by atomic mass is 10.0. The van der Waals surface area contributed by atoms with Crippen molar-refractivity contribution in [1.29, 1.82) is 0 Å². The quantitative estimate of drug-likeness (QED) is 0.0591. The van der Waals surface area contributed by atoms with Gasteiger partial charge in [-0.1, -0.05) is 44.2 Å². The summed E-state index contributed by atoms with van der Waals surface area (Å²) in [7, 11) is 0. The summed E-state index contributed by atoms with van der Waals surface area (Å²) in [5, 5.41) is 21.6. The van der Waals surface area contributed by atoms with E-state index in [9.17, 15) is 38.7 Å². The fourth-order valence-electron chi connectivity index (χ4n) is 3.45. The summed E-state index contributed by atoms with van der Waals surface area (Å²) in [6.45, 7) is 9.98. The number of carboxylic acids is 1. The third-order valence-electron chi connectivity index (χ3n) is 5.88. The Hall–Kier alpha value is -4.54. The van der Waals surface area contributed by atoms with Crippen LogP contribution in [0.25, 0.3) is 0 Å². The van der Waals surface area contributed by atoms with Crippen molar-refractivity contribution in [2.24, 2.45) is 5.92 Å². The van der Waals surface area contributed by atoms with E-state index in [1.54, 1.807) is 65.0 Å². The number of thioether (sulfide) groups is 1. The molecule has 1 rings (SSSR count). The van der Waals surface area contributed by atoms with Gasteiger partial charge in [0, 0.05) is 12.7 Å². The molecule has 0 aromatic heterocycles. The van der Waals surface area contributed by atoms with Gasteiger partial charge in [0.15, 0.2) is 6.04 Å². The molecule has 17 heteroatoms. The van der Waals surface area contributed by atoms with Crippen LogP contribution in [0.5, 0.6) is 0 Å². The first kappa shape index (κ1) is 40.5. The molecule has 47 heavy (non-hydrogen) atoms. The van der Waals surface area contributed by atoms with Gasteiger partial charge in [0.25, 0.3) is 0 Å². The SMILES string of the molecule is CC(=O)NCSC[C@H](NC(=O)[C@H](C)NC(=O)OC(C)(C)C)C(=O)N[C@H](C(=O)OC[C@@H](NC(=O)OCc1ccccc1)C(=O)O)C(C)C. The number of ether oxygens (including phenoxy) is 3. The Balaban J connectivity index is 2.90. The minimum Gasteiger partial charge on any atom is -0.480 e. The Morgan fingerprint density at radius 2 is 1.47 bits per heavy atom. The smallest absolute Gasteiger partial charge is 0.408 e. The molecular formula is C30H45N5O11S. The van der Waals surface area contributed by atoms with Crippen LogP contribution in [-0.4, -0.2) is 95.0 Å². The van der Waals surface area contributed by atoms with Crippen molar-refractivity contribution in [3.8, 4) is 0 Å².